The lowest BCUT2D eigenvalue weighted by molar-refractivity contribution is 0.0950. The maximum absolute atomic E-state index is 12.5. The lowest BCUT2D eigenvalue weighted by Gasteiger charge is -2.20. The van der Waals surface area contributed by atoms with Gasteiger partial charge in [0, 0.05) is 24.3 Å². The number of rotatable bonds is 5. The first-order valence-corrected chi connectivity index (χ1v) is 9.56. The Balaban J connectivity index is 1.59. The molecule has 3 N–H and O–H groups in total. The third-order valence-electron chi connectivity index (χ3n) is 5.06. The minimum absolute atomic E-state index is 0.0762. The first-order chi connectivity index (χ1) is 12.6. The molecule has 3 rings (SSSR count). The van der Waals surface area contributed by atoms with Crippen LogP contribution >= 0.6 is 0 Å². The van der Waals surface area contributed by atoms with Crippen LogP contribution in [0, 0.1) is 6.92 Å². The highest BCUT2D eigenvalue weighted by Crippen LogP contribution is 2.15. The molecule has 0 aromatic heterocycles. The number of benzene rings is 2. The molecule has 1 fully saturated rings. The van der Waals surface area contributed by atoms with Gasteiger partial charge in [0.25, 0.3) is 5.91 Å². The van der Waals surface area contributed by atoms with Crippen molar-refractivity contribution in [1.82, 2.24) is 10.2 Å². The van der Waals surface area contributed by atoms with E-state index in [1.807, 2.05) is 19.1 Å². The number of amides is 1. The fraction of sp³-hybridized carbons (Fsp3) is 0.409. The number of carbonyl (C=O) groups is 1. The summed E-state index contributed by atoms with van der Waals surface area (Å²) in [5.41, 5.74) is 10.4. The molecule has 4 nitrogen and oxygen atoms in total. The fourth-order valence-corrected chi connectivity index (χ4v) is 3.55. The molecular weight excluding hydrogens is 322 g/mol. The van der Waals surface area contributed by atoms with Crippen molar-refractivity contribution in [3.8, 4) is 0 Å². The Hall–Kier alpha value is -2.33. The number of hydrogen-bond donors (Lipinski definition) is 2. The Morgan fingerprint density at radius 3 is 2.54 bits per heavy atom. The van der Waals surface area contributed by atoms with E-state index in [1.165, 1.54) is 44.3 Å². The van der Waals surface area contributed by atoms with Crippen molar-refractivity contribution < 1.29 is 4.79 Å². The Kier molecular flexibility index (Phi) is 6.29. The van der Waals surface area contributed by atoms with Gasteiger partial charge in [-0.3, -0.25) is 9.69 Å². The molecule has 1 heterocycles. The molecule has 4 heteroatoms. The van der Waals surface area contributed by atoms with Gasteiger partial charge in [0.1, 0.15) is 0 Å². The number of anilines is 1. The summed E-state index contributed by atoms with van der Waals surface area (Å²) in [6.45, 7) is 5.83. The largest absolute Gasteiger partial charge is 0.399 e. The van der Waals surface area contributed by atoms with Crippen LogP contribution in [-0.2, 0) is 13.1 Å². The van der Waals surface area contributed by atoms with Gasteiger partial charge in [0.15, 0.2) is 0 Å². The Morgan fingerprint density at radius 2 is 1.77 bits per heavy atom. The van der Waals surface area contributed by atoms with Gasteiger partial charge in [0.05, 0.1) is 0 Å². The molecule has 138 valence electrons. The number of likely N-dealkylation sites (tertiary alicyclic amines) is 1. The summed E-state index contributed by atoms with van der Waals surface area (Å²) in [5, 5.41) is 3.02. The molecule has 0 unspecified atom stereocenters. The normalized spacial score (nSPS) is 15.4. The summed E-state index contributed by atoms with van der Waals surface area (Å²) in [5.74, 6) is -0.0762. The van der Waals surface area contributed by atoms with Crippen molar-refractivity contribution in [3.63, 3.8) is 0 Å². The molecule has 0 spiro atoms. The van der Waals surface area contributed by atoms with Crippen LogP contribution in [0.15, 0.2) is 42.5 Å². The van der Waals surface area contributed by atoms with Gasteiger partial charge in [-0.2, -0.15) is 0 Å². The van der Waals surface area contributed by atoms with Crippen LogP contribution in [0.3, 0.4) is 0 Å². The second kappa shape index (κ2) is 8.86. The molecule has 1 saturated heterocycles. The van der Waals surface area contributed by atoms with Crippen molar-refractivity contribution >= 4 is 11.6 Å². The van der Waals surface area contributed by atoms with Crippen LogP contribution in [0.2, 0.25) is 0 Å². The van der Waals surface area contributed by atoms with Gasteiger partial charge >= 0.3 is 0 Å². The van der Waals surface area contributed by atoms with Gasteiger partial charge in [-0.15, -0.1) is 0 Å². The third-order valence-corrected chi connectivity index (χ3v) is 5.06. The monoisotopic (exact) mass is 351 g/mol. The van der Waals surface area contributed by atoms with E-state index in [0.29, 0.717) is 17.8 Å². The van der Waals surface area contributed by atoms with Gasteiger partial charge in [0.2, 0.25) is 0 Å². The molecular formula is C22H29N3O. The molecule has 0 bridgehead atoms. The first-order valence-electron chi connectivity index (χ1n) is 9.56. The van der Waals surface area contributed by atoms with E-state index in [4.69, 9.17) is 5.73 Å². The summed E-state index contributed by atoms with van der Waals surface area (Å²) in [6.07, 6.45) is 5.31. The Labute approximate surface area is 156 Å². The molecule has 2 aromatic carbocycles. The quantitative estimate of drug-likeness (QED) is 0.804. The fourth-order valence-electron chi connectivity index (χ4n) is 3.55. The lowest BCUT2D eigenvalue weighted by atomic mass is 10.1. The van der Waals surface area contributed by atoms with Crippen molar-refractivity contribution in [1.29, 1.82) is 0 Å². The van der Waals surface area contributed by atoms with E-state index in [9.17, 15) is 4.79 Å². The van der Waals surface area contributed by atoms with E-state index in [2.05, 4.69) is 34.5 Å². The number of nitrogens with one attached hydrogen (secondary N) is 1. The predicted molar refractivity (Wildman–Crippen MR) is 107 cm³/mol. The molecule has 1 aliphatic heterocycles. The van der Waals surface area contributed by atoms with E-state index in [1.54, 1.807) is 6.07 Å². The summed E-state index contributed by atoms with van der Waals surface area (Å²) >= 11 is 0. The average Bonchev–Trinajstić information content (AvgIpc) is 2.91. The summed E-state index contributed by atoms with van der Waals surface area (Å²) in [7, 11) is 0. The number of hydrogen-bond acceptors (Lipinski definition) is 3. The van der Waals surface area contributed by atoms with Crippen LogP contribution < -0.4 is 11.1 Å². The van der Waals surface area contributed by atoms with Gasteiger partial charge in [-0.05, 0) is 61.7 Å². The zero-order chi connectivity index (χ0) is 18.4. The average molecular weight is 351 g/mol. The molecule has 1 aliphatic rings. The van der Waals surface area contributed by atoms with Crippen molar-refractivity contribution in [2.75, 3.05) is 18.8 Å². The molecule has 0 atom stereocenters. The summed E-state index contributed by atoms with van der Waals surface area (Å²) < 4.78 is 0. The maximum Gasteiger partial charge on any atom is 0.251 e. The van der Waals surface area contributed by atoms with E-state index >= 15 is 0 Å². The summed E-state index contributed by atoms with van der Waals surface area (Å²) in [4.78, 5) is 15.0. The highest BCUT2D eigenvalue weighted by atomic mass is 16.1. The van der Waals surface area contributed by atoms with E-state index < -0.39 is 0 Å². The molecule has 0 saturated carbocycles. The van der Waals surface area contributed by atoms with Gasteiger partial charge < -0.3 is 11.1 Å². The minimum atomic E-state index is -0.0762. The predicted octanol–water partition coefficient (Wildman–Crippen LogP) is 3.88. The van der Waals surface area contributed by atoms with Crippen LogP contribution in [0.25, 0.3) is 0 Å². The number of aryl methyl sites for hydroxylation is 1. The highest BCUT2D eigenvalue weighted by molar-refractivity contribution is 5.96. The summed E-state index contributed by atoms with van der Waals surface area (Å²) in [6, 6.07) is 14.0. The van der Waals surface area contributed by atoms with Gasteiger partial charge in [-0.25, -0.2) is 0 Å². The lowest BCUT2D eigenvalue weighted by Crippen LogP contribution is -2.25. The maximum atomic E-state index is 12.5. The zero-order valence-corrected chi connectivity index (χ0v) is 15.6. The Morgan fingerprint density at radius 1 is 1.04 bits per heavy atom. The van der Waals surface area contributed by atoms with Crippen LogP contribution in [0.4, 0.5) is 5.69 Å². The number of carbonyl (C=O) groups excluding carboxylic acids is 1. The highest BCUT2D eigenvalue weighted by Gasteiger charge is 2.11. The number of nitrogens with zero attached hydrogens (tertiary/aromatic N) is 1. The number of nitrogen functional groups attached to an aromatic ring is 1. The smallest absolute Gasteiger partial charge is 0.251 e. The van der Waals surface area contributed by atoms with Crippen molar-refractivity contribution in [2.24, 2.45) is 0 Å². The Bertz CT molecular complexity index is 749. The molecule has 2 aromatic rings. The minimum Gasteiger partial charge on any atom is -0.399 e. The van der Waals surface area contributed by atoms with Crippen LogP contribution in [0.1, 0.15) is 52.7 Å². The molecule has 26 heavy (non-hydrogen) atoms. The number of nitrogens with two attached hydrogens (primary N) is 1. The van der Waals surface area contributed by atoms with E-state index in [-0.39, 0.29) is 5.91 Å². The van der Waals surface area contributed by atoms with E-state index in [0.717, 1.165) is 17.7 Å². The van der Waals surface area contributed by atoms with Crippen LogP contribution in [-0.4, -0.2) is 23.9 Å². The first kappa shape index (κ1) is 18.5. The third kappa shape index (κ3) is 5.09. The van der Waals surface area contributed by atoms with Crippen molar-refractivity contribution in [3.05, 3.63) is 64.7 Å². The second-order valence-corrected chi connectivity index (χ2v) is 7.27. The second-order valence-electron chi connectivity index (χ2n) is 7.27. The SMILES string of the molecule is Cc1ccc(N)cc1C(=O)NCc1cccc(CN2CCCCCC2)c1. The standard InChI is InChI=1S/C22H29N3O/c1-17-9-10-20(23)14-21(17)22(26)24-15-18-7-6-8-19(13-18)16-25-11-4-2-3-5-12-25/h6-10,13-14H,2-5,11-12,15-16,23H2,1H3,(H,24,26). The van der Waals surface area contributed by atoms with Gasteiger partial charge in [-0.1, -0.05) is 43.2 Å². The topological polar surface area (TPSA) is 58.4 Å². The molecule has 0 radical (unpaired) electrons. The van der Waals surface area contributed by atoms with Crippen molar-refractivity contribution in [2.45, 2.75) is 45.7 Å². The molecule has 1 amide bonds. The molecule has 0 aliphatic carbocycles. The van der Waals surface area contributed by atoms with Crippen LogP contribution in [0.5, 0.6) is 0 Å². The zero-order valence-electron chi connectivity index (χ0n) is 15.6.